The molecule has 0 bridgehead atoms. The molecule has 134 valence electrons. The molecule has 2 aromatic heterocycles. The van der Waals surface area contributed by atoms with Gasteiger partial charge in [0.25, 0.3) is 0 Å². The second-order valence-electron chi connectivity index (χ2n) is 6.72. The normalized spacial score (nSPS) is 16.9. The Morgan fingerprint density at radius 1 is 1.28 bits per heavy atom. The van der Waals surface area contributed by atoms with E-state index in [4.69, 9.17) is 4.52 Å². The van der Waals surface area contributed by atoms with Crippen LogP contribution < -0.4 is 10.2 Å². The lowest BCUT2D eigenvalue weighted by molar-refractivity contribution is -0.126. The molecule has 2 aromatic rings. The van der Waals surface area contributed by atoms with Crippen molar-refractivity contribution in [2.75, 3.05) is 18.0 Å². The maximum Gasteiger partial charge on any atom is 0.249 e. The zero-order chi connectivity index (χ0) is 17.8. The molecule has 1 fully saturated rings. The van der Waals surface area contributed by atoms with Crippen LogP contribution in [0.1, 0.15) is 44.4 Å². The number of nitrogens with zero attached hydrogens (tertiary/aromatic N) is 5. The maximum absolute atomic E-state index is 12.7. The van der Waals surface area contributed by atoms with Crippen molar-refractivity contribution in [3.05, 3.63) is 30.2 Å². The van der Waals surface area contributed by atoms with Gasteiger partial charge in [-0.1, -0.05) is 19.0 Å². The smallest absolute Gasteiger partial charge is 0.249 e. The molecule has 3 heterocycles. The number of carbonyl (C=O) groups excluding carboxylic acids is 1. The lowest BCUT2D eigenvalue weighted by Crippen LogP contribution is -2.43. The summed E-state index contributed by atoms with van der Waals surface area (Å²) in [6.45, 7) is 7.37. The van der Waals surface area contributed by atoms with Gasteiger partial charge in [0, 0.05) is 31.4 Å². The van der Waals surface area contributed by atoms with Gasteiger partial charge in [0.2, 0.25) is 17.7 Å². The number of nitrogens with one attached hydrogen (secondary N) is 1. The molecule has 0 spiro atoms. The van der Waals surface area contributed by atoms with E-state index < -0.39 is 0 Å². The molecule has 25 heavy (non-hydrogen) atoms. The van der Waals surface area contributed by atoms with Crippen LogP contribution in [0.4, 0.5) is 5.95 Å². The minimum absolute atomic E-state index is 0.0229. The Kier molecular flexibility index (Phi) is 5.25. The van der Waals surface area contributed by atoms with E-state index in [1.54, 1.807) is 25.4 Å². The predicted molar refractivity (Wildman–Crippen MR) is 91.7 cm³/mol. The van der Waals surface area contributed by atoms with Gasteiger partial charge in [0.15, 0.2) is 5.82 Å². The maximum atomic E-state index is 12.7. The lowest BCUT2D eigenvalue weighted by atomic mass is 9.94. The molecule has 1 amide bonds. The fourth-order valence-electron chi connectivity index (χ4n) is 3.02. The van der Waals surface area contributed by atoms with Gasteiger partial charge < -0.3 is 14.7 Å². The van der Waals surface area contributed by atoms with Crippen LogP contribution in [0.25, 0.3) is 0 Å². The molecule has 0 aromatic carbocycles. The van der Waals surface area contributed by atoms with Crippen LogP contribution in [0.3, 0.4) is 0 Å². The first-order chi connectivity index (χ1) is 12.0. The van der Waals surface area contributed by atoms with E-state index in [0.717, 1.165) is 31.9 Å². The summed E-state index contributed by atoms with van der Waals surface area (Å²) in [5.74, 6) is 1.96. The lowest BCUT2D eigenvalue weighted by Gasteiger charge is -2.32. The van der Waals surface area contributed by atoms with Gasteiger partial charge in [0.05, 0.1) is 0 Å². The number of amides is 1. The van der Waals surface area contributed by atoms with E-state index in [1.807, 2.05) is 13.8 Å². The predicted octanol–water partition coefficient (Wildman–Crippen LogP) is 1.90. The fraction of sp³-hybridized carbons (Fsp3) is 0.588. The monoisotopic (exact) mass is 344 g/mol. The van der Waals surface area contributed by atoms with E-state index in [2.05, 4.69) is 30.3 Å². The highest BCUT2D eigenvalue weighted by molar-refractivity contribution is 5.79. The SMILES string of the molecule is Cc1noc(C(NC(=O)C2CCN(c3ncccn3)CC2)C(C)C)n1. The summed E-state index contributed by atoms with van der Waals surface area (Å²) in [4.78, 5) is 27.6. The zero-order valence-corrected chi connectivity index (χ0v) is 14.8. The van der Waals surface area contributed by atoms with Crippen molar-refractivity contribution in [2.45, 2.75) is 39.7 Å². The second-order valence-corrected chi connectivity index (χ2v) is 6.72. The largest absolute Gasteiger partial charge is 0.344 e. The molecule has 1 unspecified atom stereocenters. The summed E-state index contributed by atoms with van der Waals surface area (Å²) in [7, 11) is 0. The van der Waals surface area contributed by atoms with Crippen LogP contribution in [0.2, 0.25) is 0 Å². The van der Waals surface area contributed by atoms with Crippen molar-refractivity contribution in [1.29, 1.82) is 0 Å². The summed E-state index contributed by atoms with van der Waals surface area (Å²) in [6, 6.07) is 1.54. The van der Waals surface area contributed by atoms with Gasteiger partial charge in [-0.3, -0.25) is 4.79 Å². The molecule has 0 aliphatic carbocycles. The quantitative estimate of drug-likeness (QED) is 0.884. The van der Waals surface area contributed by atoms with Gasteiger partial charge in [0.1, 0.15) is 6.04 Å². The Morgan fingerprint density at radius 3 is 2.52 bits per heavy atom. The third-order valence-corrected chi connectivity index (χ3v) is 4.47. The number of hydrogen-bond donors (Lipinski definition) is 1. The molecule has 0 saturated carbocycles. The van der Waals surface area contributed by atoms with E-state index in [0.29, 0.717) is 11.7 Å². The first-order valence-electron chi connectivity index (χ1n) is 8.67. The van der Waals surface area contributed by atoms with Crippen LogP contribution in [0.5, 0.6) is 0 Å². The van der Waals surface area contributed by atoms with Crippen LogP contribution in [0.15, 0.2) is 23.0 Å². The topological polar surface area (TPSA) is 97.0 Å². The average Bonchev–Trinajstić information content (AvgIpc) is 3.06. The van der Waals surface area contributed by atoms with Crippen molar-refractivity contribution in [3.63, 3.8) is 0 Å². The molecule has 0 radical (unpaired) electrons. The third kappa shape index (κ3) is 4.12. The number of carbonyl (C=O) groups is 1. The molecule has 3 rings (SSSR count). The standard InChI is InChI=1S/C17H24N6O2/c1-11(2)14(16-20-12(3)22-25-16)21-15(24)13-5-9-23(10-6-13)17-18-7-4-8-19-17/h4,7-8,11,13-14H,5-6,9-10H2,1-3H3,(H,21,24). The molecule has 1 aliphatic heterocycles. The minimum atomic E-state index is -0.260. The first-order valence-corrected chi connectivity index (χ1v) is 8.67. The van der Waals surface area contributed by atoms with Crippen molar-refractivity contribution < 1.29 is 9.32 Å². The Labute approximate surface area is 147 Å². The molecular formula is C17H24N6O2. The number of anilines is 1. The number of hydrogen-bond acceptors (Lipinski definition) is 7. The van der Waals surface area contributed by atoms with Crippen LogP contribution in [0, 0.1) is 18.8 Å². The van der Waals surface area contributed by atoms with Crippen LogP contribution in [-0.2, 0) is 4.79 Å². The third-order valence-electron chi connectivity index (χ3n) is 4.47. The fourth-order valence-corrected chi connectivity index (χ4v) is 3.02. The highest BCUT2D eigenvalue weighted by atomic mass is 16.5. The number of piperidine rings is 1. The van der Waals surface area contributed by atoms with Crippen molar-refractivity contribution >= 4 is 11.9 Å². The molecule has 1 N–H and O–H groups in total. The molecule has 8 heteroatoms. The van der Waals surface area contributed by atoms with E-state index in [-0.39, 0.29) is 23.8 Å². The molecule has 8 nitrogen and oxygen atoms in total. The van der Waals surface area contributed by atoms with Crippen molar-refractivity contribution in [2.24, 2.45) is 11.8 Å². The first kappa shape index (κ1) is 17.3. The summed E-state index contributed by atoms with van der Waals surface area (Å²) < 4.78 is 5.25. The van der Waals surface area contributed by atoms with Gasteiger partial charge in [-0.2, -0.15) is 4.98 Å². The number of aryl methyl sites for hydroxylation is 1. The Morgan fingerprint density at radius 2 is 1.96 bits per heavy atom. The van der Waals surface area contributed by atoms with E-state index in [1.165, 1.54) is 0 Å². The highest BCUT2D eigenvalue weighted by Gasteiger charge is 2.30. The zero-order valence-electron chi connectivity index (χ0n) is 14.8. The summed E-state index contributed by atoms with van der Waals surface area (Å²) in [6.07, 6.45) is 5.02. The average molecular weight is 344 g/mol. The second kappa shape index (κ2) is 7.58. The van der Waals surface area contributed by atoms with Gasteiger partial charge >= 0.3 is 0 Å². The van der Waals surface area contributed by atoms with E-state index >= 15 is 0 Å². The molecule has 1 aliphatic rings. The Balaban J connectivity index is 1.58. The highest BCUT2D eigenvalue weighted by Crippen LogP contribution is 2.24. The van der Waals surface area contributed by atoms with E-state index in [9.17, 15) is 4.79 Å². The number of rotatable bonds is 5. The minimum Gasteiger partial charge on any atom is -0.344 e. The van der Waals surface area contributed by atoms with Crippen molar-refractivity contribution in [1.82, 2.24) is 25.4 Å². The Hall–Kier alpha value is -2.51. The number of aromatic nitrogens is 4. The van der Waals surface area contributed by atoms with Gasteiger partial charge in [-0.05, 0) is 31.7 Å². The van der Waals surface area contributed by atoms with Gasteiger partial charge in [-0.15, -0.1) is 0 Å². The van der Waals surface area contributed by atoms with Gasteiger partial charge in [-0.25, -0.2) is 9.97 Å². The van der Waals surface area contributed by atoms with Crippen molar-refractivity contribution in [3.8, 4) is 0 Å². The summed E-state index contributed by atoms with van der Waals surface area (Å²) >= 11 is 0. The Bertz CT molecular complexity index is 694. The summed E-state index contributed by atoms with van der Waals surface area (Å²) in [5, 5.41) is 6.91. The molecular weight excluding hydrogens is 320 g/mol. The van der Waals surface area contributed by atoms with Crippen LogP contribution in [-0.4, -0.2) is 39.1 Å². The molecule has 1 atom stereocenters. The molecule has 1 saturated heterocycles. The van der Waals surface area contributed by atoms with Crippen LogP contribution >= 0.6 is 0 Å². The summed E-state index contributed by atoms with van der Waals surface area (Å²) in [5.41, 5.74) is 0.